The lowest BCUT2D eigenvalue weighted by Gasteiger charge is -2.19. The first kappa shape index (κ1) is 22.6. The zero-order valence-corrected chi connectivity index (χ0v) is 22.0. The molecule has 0 N–H and O–H groups in total. The maximum Gasteiger partial charge on any atom is 0.295 e. The summed E-state index contributed by atoms with van der Waals surface area (Å²) in [6.45, 7) is 11.4. The van der Waals surface area contributed by atoms with Gasteiger partial charge in [0.1, 0.15) is 16.9 Å². The van der Waals surface area contributed by atoms with Crippen LogP contribution in [0.15, 0.2) is 83.3 Å². The van der Waals surface area contributed by atoms with E-state index in [4.69, 9.17) is 4.42 Å². The normalized spacial score (nSPS) is 12.1. The number of aromatic nitrogens is 2. The molecule has 0 radical (unpaired) electrons. The molecule has 2 aromatic heterocycles. The average Bonchev–Trinajstić information content (AvgIpc) is 3.38. The topological polar surface area (TPSA) is 21.9 Å². The largest absolute Gasteiger partial charge is 0.456 e. The van der Waals surface area contributed by atoms with Crippen LogP contribution >= 0.6 is 0 Å². The van der Waals surface area contributed by atoms with Crippen molar-refractivity contribution in [3.8, 4) is 17.1 Å². The Balaban J connectivity index is 1.87. The minimum Gasteiger partial charge on any atom is -0.456 e. The molecule has 0 aliphatic heterocycles. The monoisotopic (exact) mass is 473 g/mol. The summed E-state index contributed by atoms with van der Waals surface area (Å²) in [5.74, 6) is 1.80. The SMILES string of the molecule is Cc1ccccc1-c1n(-c2c(C(C)C)cc3c(oc4ccccc43)c2C(C)C)c2ccccc2[n+]1C. The molecule has 180 valence electrons. The van der Waals surface area contributed by atoms with Crippen LogP contribution in [-0.2, 0) is 7.05 Å². The standard InChI is InChI=1S/C33H33N2O/c1-20(2)25-19-26-24-15-9-12-18-29(24)36-32(26)30(21(3)4)31(25)35-28-17-11-10-16-27(28)34(6)33(35)23-14-8-7-13-22(23)5/h7-21H,1-6H3/q+1. The molecule has 0 saturated heterocycles. The Kier molecular flexibility index (Phi) is 5.26. The number of hydrogen-bond donors (Lipinski definition) is 0. The Bertz CT molecular complexity index is 1760. The number of para-hydroxylation sites is 3. The molecule has 6 aromatic rings. The van der Waals surface area contributed by atoms with Crippen molar-refractivity contribution in [2.24, 2.45) is 7.05 Å². The molecule has 4 aromatic carbocycles. The highest BCUT2D eigenvalue weighted by Crippen LogP contribution is 2.43. The van der Waals surface area contributed by atoms with Gasteiger partial charge < -0.3 is 4.42 Å². The zero-order chi connectivity index (χ0) is 25.1. The summed E-state index contributed by atoms with van der Waals surface area (Å²) in [6.07, 6.45) is 0. The first-order valence-corrected chi connectivity index (χ1v) is 12.9. The second-order valence-electron chi connectivity index (χ2n) is 10.5. The fraction of sp³-hybridized carbons (Fsp3) is 0.242. The number of benzene rings is 4. The maximum absolute atomic E-state index is 6.61. The van der Waals surface area contributed by atoms with Gasteiger partial charge in [-0.15, -0.1) is 0 Å². The van der Waals surface area contributed by atoms with Gasteiger partial charge in [0.15, 0.2) is 11.0 Å². The van der Waals surface area contributed by atoms with Crippen molar-refractivity contribution < 1.29 is 8.98 Å². The van der Waals surface area contributed by atoms with Gasteiger partial charge in [-0.3, -0.25) is 0 Å². The van der Waals surface area contributed by atoms with Gasteiger partial charge in [0, 0.05) is 21.9 Å². The Morgan fingerprint density at radius 2 is 1.47 bits per heavy atom. The smallest absolute Gasteiger partial charge is 0.295 e. The summed E-state index contributed by atoms with van der Waals surface area (Å²) in [5.41, 5.74) is 10.7. The van der Waals surface area contributed by atoms with Gasteiger partial charge in [0.05, 0.1) is 12.6 Å². The van der Waals surface area contributed by atoms with Gasteiger partial charge in [-0.2, -0.15) is 4.57 Å². The van der Waals surface area contributed by atoms with E-state index in [-0.39, 0.29) is 5.92 Å². The highest BCUT2D eigenvalue weighted by Gasteiger charge is 2.33. The highest BCUT2D eigenvalue weighted by molar-refractivity contribution is 6.07. The van der Waals surface area contributed by atoms with Crippen molar-refractivity contribution in [3.05, 3.63) is 95.6 Å². The van der Waals surface area contributed by atoms with Gasteiger partial charge in [-0.25, -0.2) is 4.57 Å². The molecular weight excluding hydrogens is 440 g/mol. The number of nitrogens with zero attached hydrogens (tertiary/aromatic N) is 2. The number of fused-ring (bicyclic) bond motifs is 4. The van der Waals surface area contributed by atoms with E-state index in [1.807, 2.05) is 0 Å². The van der Waals surface area contributed by atoms with Crippen LogP contribution < -0.4 is 4.57 Å². The molecule has 6 rings (SSSR count). The first-order valence-electron chi connectivity index (χ1n) is 12.9. The lowest BCUT2D eigenvalue weighted by Crippen LogP contribution is -2.30. The van der Waals surface area contributed by atoms with Crippen molar-refractivity contribution in [1.29, 1.82) is 0 Å². The molecule has 0 aliphatic carbocycles. The minimum absolute atomic E-state index is 0.276. The van der Waals surface area contributed by atoms with Gasteiger partial charge in [0.2, 0.25) is 0 Å². The van der Waals surface area contributed by atoms with E-state index >= 15 is 0 Å². The first-order chi connectivity index (χ1) is 17.4. The lowest BCUT2D eigenvalue weighted by molar-refractivity contribution is -0.633. The molecule has 0 spiro atoms. The third-order valence-electron chi connectivity index (χ3n) is 7.53. The van der Waals surface area contributed by atoms with Gasteiger partial charge >= 0.3 is 0 Å². The van der Waals surface area contributed by atoms with Gasteiger partial charge in [-0.05, 0) is 54.7 Å². The molecule has 0 fully saturated rings. The Morgan fingerprint density at radius 3 is 2.22 bits per heavy atom. The van der Waals surface area contributed by atoms with Crippen LogP contribution in [0, 0.1) is 6.92 Å². The van der Waals surface area contributed by atoms with Crippen molar-refractivity contribution in [2.45, 2.75) is 46.5 Å². The molecule has 2 heterocycles. The molecule has 36 heavy (non-hydrogen) atoms. The lowest BCUT2D eigenvalue weighted by atomic mass is 9.89. The van der Waals surface area contributed by atoms with E-state index in [0.29, 0.717) is 5.92 Å². The summed E-state index contributed by atoms with van der Waals surface area (Å²) in [5, 5.41) is 2.39. The fourth-order valence-electron chi connectivity index (χ4n) is 5.79. The third-order valence-corrected chi connectivity index (χ3v) is 7.53. The van der Waals surface area contributed by atoms with E-state index in [9.17, 15) is 0 Å². The van der Waals surface area contributed by atoms with Crippen molar-refractivity contribution in [1.82, 2.24) is 4.57 Å². The Hall–Kier alpha value is -3.85. The van der Waals surface area contributed by atoms with Gasteiger partial charge in [-0.1, -0.05) is 76.2 Å². The van der Waals surface area contributed by atoms with Crippen molar-refractivity contribution in [3.63, 3.8) is 0 Å². The molecule has 0 aliphatic rings. The molecule has 0 bridgehead atoms. The van der Waals surface area contributed by atoms with E-state index < -0.39 is 0 Å². The van der Waals surface area contributed by atoms with E-state index in [1.54, 1.807) is 0 Å². The van der Waals surface area contributed by atoms with E-state index in [1.165, 1.54) is 55.6 Å². The predicted octanol–water partition coefficient (Wildman–Crippen LogP) is 8.58. The maximum atomic E-state index is 6.61. The van der Waals surface area contributed by atoms with Crippen LogP contribution in [0.2, 0.25) is 0 Å². The summed E-state index contributed by atoms with van der Waals surface area (Å²) >= 11 is 0. The molecule has 0 saturated carbocycles. The van der Waals surface area contributed by atoms with Crippen LogP contribution in [0.3, 0.4) is 0 Å². The summed E-state index contributed by atoms with van der Waals surface area (Å²) < 4.78 is 11.4. The third kappa shape index (κ3) is 3.22. The summed E-state index contributed by atoms with van der Waals surface area (Å²) in [7, 11) is 2.18. The van der Waals surface area contributed by atoms with Crippen molar-refractivity contribution >= 4 is 33.0 Å². The van der Waals surface area contributed by atoms with Crippen LogP contribution in [0.4, 0.5) is 0 Å². The molecular formula is C33H33N2O+. The van der Waals surface area contributed by atoms with E-state index in [2.05, 4.69) is 130 Å². The molecule has 3 heteroatoms. The molecule has 0 unspecified atom stereocenters. The number of hydrogen-bond acceptors (Lipinski definition) is 1. The highest BCUT2D eigenvalue weighted by atomic mass is 16.3. The summed E-state index contributed by atoms with van der Waals surface area (Å²) in [4.78, 5) is 0. The number of rotatable bonds is 4. The Labute approximate surface area is 212 Å². The fourth-order valence-corrected chi connectivity index (χ4v) is 5.79. The number of imidazole rings is 1. The molecule has 0 atom stereocenters. The molecule has 0 amide bonds. The second kappa shape index (κ2) is 8.37. The van der Waals surface area contributed by atoms with Crippen LogP contribution in [0.1, 0.15) is 56.2 Å². The van der Waals surface area contributed by atoms with Crippen LogP contribution in [0.5, 0.6) is 0 Å². The Morgan fingerprint density at radius 1 is 0.778 bits per heavy atom. The van der Waals surface area contributed by atoms with Crippen LogP contribution in [-0.4, -0.2) is 4.57 Å². The minimum atomic E-state index is 0.276. The van der Waals surface area contributed by atoms with Crippen LogP contribution in [0.25, 0.3) is 50.0 Å². The average molecular weight is 474 g/mol. The number of furan rings is 1. The van der Waals surface area contributed by atoms with E-state index in [0.717, 1.165) is 11.2 Å². The quantitative estimate of drug-likeness (QED) is 0.235. The predicted molar refractivity (Wildman–Crippen MR) is 150 cm³/mol. The summed E-state index contributed by atoms with van der Waals surface area (Å²) in [6, 6.07) is 28.2. The zero-order valence-electron chi connectivity index (χ0n) is 22.0. The number of aryl methyl sites for hydroxylation is 2. The van der Waals surface area contributed by atoms with Gasteiger partial charge in [0.25, 0.3) is 5.82 Å². The molecule has 3 nitrogen and oxygen atoms in total. The van der Waals surface area contributed by atoms with Crippen molar-refractivity contribution in [2.75, 3.05) is 0 Å². The second-order valence-corrected chi connectivity index (χ2v) is 10.5.